The summed E-state index contributed by atoms with van der Waals surface area (Å²) in [5.74, 6) is 1.52. The lowest BCUT2D eigenvalue weighted by atomic mass is 9.90. The maximum absolute atomic E-state index is 5.22. The van der Waals surface area contributed by atoms with E-state index in [-0.39, 0.29) is 0 Å². The van der Waals surface area contributed by atoms with Crippen LogP contribution in [0.3, 0.4) is 0 Å². The maximum Gasteiger partial charge on any atom is 0.137 e. The lowest BCUT2D eigenvalue weighted by Crippen LogP contribution is -2.38. The summed E-state index contributed by atoms with van der Waals surface area (Å²) in [5.41, 5.74) is 4.79. The number of likely N-dealkylation sites (tertiary alicyclic amines) is 1. The van der Waals surface area contributed by atoms with Crippen LogP contribution in [-0.2, 0) is 6.42 Å². The van der Waals surface area contributed by atoms with Crippen molar-refractivity contribution in [3.63, 3.8) is 0 Å². The summed E-state index contributed by atoms with van der Waals surface area (Å²) in [7, 11) is 1.68. The highest BCUT2D eigenvalue weighted by atomic mass is 16.5. The van der Waals surface area contributed by atoms with Crippen LogP contribution in [0.2, 0.25) is 0 Å². The number of aryl methyl sites for hydroxylation is 2. The molecule has 1 unspecified atom stereocenters. The molecule has 1 fully saturated rings. The van der Waals surface area contributed by atoms with Crippen LogP contribution in [0.15, 0.2) is 30.5 Å². The highest BCUT2D eigenvalue weighted by molar-refractivity contribution is 5.22. The monoisotopic (exact) mass is 339 g/mol. The Balaban J connectivity index is 1.65. The zero-order valence-electron chi connectivity index (χ0n) is 15.8. The molecular weight excluding hydrogens is 310 g/mol. The predicted octanol–water partition coefficient (Wildman–Crippen LogP) is 4.12. The van der Waals surface area contributed by atoms with Crippen LogP contribution >= 0.6 is 0 Å². The number of pyridine rings is 2. The van der Waals surface area contributed by atoms with E-state index in [4.69, 9.17) is 4.74 Å². The van der Waals surface area contributed by atoms with E-state index in [1.165, 1.54) is 18.4 Å². The Bertz CT molecular complexity index is 679. The van der Waals surface area contributed by atoms with Crippen molar-refractivity contribution in [2.24, 2.45) is 5.92 Å². The third kappa shape index (κ3) is 4.57. The molecule has 4 heteroatoms. The van der Waals surface area contributed by atoms with Gasteiger partial charge in [0.2, 0.25) is 0 Å². The molecule has 1 aliphatic rings. The molecule has 1 saturated heterocycles. The van der Waals surface area contributed by atoms with Gasteiger partial charge in [0, 0.05) is 24.0 Å². The number of piperidine rings is 1. The quantitative estimate of drug-likeness (QED) is 0.821. The second-order valence-electron chi connectivity index (χ2n) is 7.26. The van der Waals surface area contributed by atoms with Crippen molar-refractivity contribution in [2.45, 2.75) is 46.1 Å². The SMILES string of the molecule is COc1ccc(C(C)N2CCC[C@H](Cc3cc(C)nc(C)c3)C2)nc1. The van der Waals surface area contributed by atoms with Crippen LogP contribution in [0.4, 0.5) is 0 Å². The van der Waals surface area contributed by atoms with Crippen LogP contribution < -0.4 is 4.74 Å². The van der Waals surface area contributed by atoms with Crippen LogP contribution in [0.25, 0.3) is 0 Å². The van der Waals surface area contributed by atoms with Crippen molar-refractivity contribution in [3.05, 3.63) is 53.1 Å². The normalized spacial score (nSPS) is 19.6. The summed E-state index contributed by atoms with van der Waals surface area (Å²) in [6.07, 6.45) is 5.52. The second kappa shape index (κ2) is 7.96. The lowest BCUT2D eigenvalue weighted by molar-refractivity contribution is 0.129. The standard InChI is InChI=1S/C21H29N3O/c1-15-10-19(11-16(2)23-15)12-18-6-5-9-24(14-18)17(3)21-8-7-20(25-4)13-22-21/h7-8,10-11,13,17-18H,5-6,9,12,14H2,1-4H3/t17?,18-/m1/s1. The summed E-state index contributed by atoms with van der Waals surface area (Å²) in [6.45, 7) is 8.72. The van der Waals surface area contributed by atoms with Crippen molar-refractivity contribution < 1.29 is 4.74 Å². The molecule has 0 saturated carbocycles. The van der Waals surface area contributed by atoms with Crippen molar-refractivity contribution >= 4 is 0 Å². The molecule has 25 heavy (non-hydrogen) atoms. The Morgan fingerprint density at radius 3 is 2.64 bits per heavy atom. The molecule has 0 N–H and O–H groups in total. The Morgan fingerprint density at radius 1 is 1.24 bits per heavy atom. The number of nitrogens with zero attached hydrogens (tertiary/aromatic N) is 3. The molecule has 4 nitrogen and oxygen atoms in total. The maximum atomic E-state index is 5.22. The Labute approximate surface area is 151 Å². The highest BCUT2D eigenvalue weighted by Crippen LogP contribution is 2.28. The molecule has 0 spiro atoms. The van der Waals surface area contributed by atoms with E-state index in [0.717, 1.165) is 42.3 Å². The zero-order valence-corrected chi connectivity index (χ0v) is 15.8. The van der Waals surface area contributed by atoms with Gasteiger partial charge in [-0.3, -0.25) is 14.9 Å². The van der Waals surface area contributed by atoms with Gasteiger partial charge in [-0.25, -0.2) is 0 Å². The number of aromatic nitrogens is 2. The molecule has 134 valence electrons. The van der Waals surface area contributed by atoms with Gasteiger partial charge < -0.3 is 4.74 Å². The summed E-state index contributed by atoms with van der Waals surface area (Å²) in [4.78, 5) is 11.7. The second-order valence-corrected chi connectivity index (χ2v) is 7.26. The van der Waals surface area contributed by atoms with Crippen LogP contribution in [0.1, 0.15) is 48.5 Å². The topological polar surface area (TPSA) is 38.2 Å². The van der Waals surface area contributed by atoms with Crippen LogP contribution in [-0.4, -0.2) is 35.1 Å². The van der Waals surface area contributed by atoms with Crippen LogP contribution in [0.5, 0.6) is 5.75 Å². The third-order valence-electron chi connectivity index (χ3n) is 5.19. The van der Waals surface area contributed by atoms with Gasteiger partial charge in [0.05, 0.1) is 19.0 Å². The molecule has 2 aromatic rings. The molecule has 0 radical (unpaired) electrons. The fourth-order valence-corrected chi connectivity index (χ4v) is 3.93. The van der Waals surface area contributed by atoms with E-state index in [2.05, 4.69) is 53.8 Å². The summed E-state index contributed by atoms with van der Waals surface area (Å²) >= 11 is 0. The summed E-state index contributed by atoms with van der Waals surface area (Å²) < 4.78 is 5.22. The van der Waals surface area contributed by atoms with Crippen molar-refractivity contribution in [1.82, 2.24) is 14.9 Å². The Morgan fingerprint density at radius 2 is 2.00 bits per heavy atom. The minimum atomic E-state index is 0.342. The van der Waals surface area contributed by atoms with E-state index in [0.29, 0.717) is 12.0 Å². The molecule has 2 atom stereocenters. The van der Waals surface area contributed by atoms with Gasteiger partial charge in [-0.05, 0) is 82.3 Å². The number of hydrogen-bond acceptors (Lipinski definition) is 4. The molecule has 1 aliphatic heterocycles. The molecule has 0 aliphatic carbocycles. The van der Waals surface area contributed by atoms with Gasteiger partial charge >= 0.3 is 0 Å². The first-order valence-electron chi connectivity index (χ1n) is 9.23. The number of rotatable bonds is 5. The zero-order chi connectivity index (χ0) is 17.8. The molecule has 3 heterocycles. The lowest BCUT2D eigenvalue weighted by Gasteiger charge is -2.36. The van der Waals surface area contributed by atoms with E-state index >= 15 is 0 Å². The van der Waals surface area contributed by atoms with Gasteiger partial charge in [-0.1, -0.05) is 0 Å². The molecular formula is C21H29N3O. The average molecular weight is 339 g/mol. The van der Waals surface area contributed by atoms with Crippen molar-refractivity contribution in [3.8, 4) is 5.75 Å². The fourth-order valence-electron chi connectivity index (χ4n) is 3.93. The van der Waals surface area contributed by atoms with Gasteiger partial charge in [0.1, 0.15) is 5.75 Å². The predicted molar refractivity (Wildman–Crippen MR) is 101 cm³/mol. The minimum absolute atomic E-state index is 0.342. The Kier molecular flexibility index (Phi) is 5.69. The smallest absolute Gasteiger partial charge is 0.137 e. The molecule has 0 aromatic carbocycles. The molecule has 0 amide bonds. The van der Waals surface area contributed by atoms with Crippen LogP contribution in [0, 0.1) is 19.8 Å². The largest absolute Gasteiger partial charge is 0.495 e. The number of ether oxygens (including phenoxy) is 1. The minimum Gasteiger partial charge on any atom is -0.495 e. The highest BCUT2D eigenvalue weighted by Gasteiger charge is 2.25. The van der Waals surface area contributed by atoms with E-state index in [1.807, 2.05) is 12.3 Å². The third-order valence-corrected chi connectivity index (χ3v) is 5.19. The van der Waals surface area contributed by atoms with Gasteiger partial charge in [-0.15, -0.1) is 0 Å². The molecule has 0 bridgehead atoms. The van der Waals surface area contributed by atoms with Crippen molar-refractivity contribution in [1.29, 1.82) is 0 Å². The van der Waals surface area contributed by atoms with Gasteiger partial charge in [-0.2, -0.15) is 0 Å². The summed E-state index contributed by atoms with van der Waals surface area (Å²) in [6, 6.07) is 8.90. The first kappa shape index (κ1) is 17.9. The van der Waals surface area contributed by atoms with Gasteiger partial charge in [0.25, 0.3) is 0 Å². The van der Waals surface area contributed by atoms with Gasteiger partial charge in [0.15, 0.2) is 0 Å². The fraction of sp³-hybridized carbons (Fsp3) is 0.524. The number of hydrogen-bond donors (Lipinski definition) is 0. The average Bonchev–Trinajstić information content (AvgIpc) is 2.60. The number of methoxy groups -OCH3 is 1. The van der Waals surface area contributed by atoms with E-state index in [1.54, 1.807) is 7.11 Å². The first-order chi connectivity index (χ1) is 12.0. The Hall–Kier alpha value is -1.94. The first-order valence-corrected chi connectivity index (χ1v) is 9.23. The molecule has 3 rings (SSSR count). The van der Waals surface area contributed by atoms with E-state index < -0.39 is 0 Å². The van der Waals surface area contributed by atoms with Crippen molar-refractivity contribution in [2.75, 3.05) is 20.2 Å². The molecule has 2 aromatic heterocycles. The summed E-state index contributed by atoms with van der Waals surface area (Å²) in [5, 5.41) is 0. The van der Waals surface area contributed by atoms with E-state index in [9.17, 15) is 0 Å².